The Morgan fingerprint density at radius 1 is 1.00 bits per heavy atom. The van der Waals surface area contributed by atoms with Gasteiger partial charge in [-0.2, -0.15) is 10.2 Å². The van der Waals surface area contributed by atoms with Gasteiger partial charge in [0.25, 0.3) is 5.56 Å². The quantitative estimate of drug-likeness (QED) is 0.468. The molecule has 1 aromatic carbocycles. The lowest BCUT2D eigenvalue weighted by Gasteiger charge is -2.08. The van der Waals surface area contributed by atoms with Crippen LogP contribution >= 0.6 is 15.9 Å². The fraction of sp³-hybridized carbons (Fsp3) is 0.190. The van der Waals surface area contributed by atoms with Crippen LogP contribution in [0.25, 0.3) is 22.6 Å². The van der Waals surface area contributed by atoms with Gasteiger partial charge in [0.15, 0.2) is 5.82 Å². The van der Waals surface area contributed by atoms with Crippen molar-refractivity contribution in [2.45, 2.75) is 20.4 Å². The van der Waals surface area contributed by atoms with E-state index in [1.54, 1.807) is 29.3 Å². The SMILES string of the molecule is CC.Cn1cc(-c2ccc(=O)n(Cc3cccc(-c4ncc(Br)cn4)c3)n2)cn1. The summed E-state index contributed by atoms with van der Waals surface area (Å²) in [6.45, 7) is 4.36. The average Bonchev–Trinajstić information content (AvgIpc) is 3.18. The van der Waals surface area contributed by atoms with Gasteiger partial charge in [0.1, 0.15) is 0 Å². The number of aromatic nitrogens is 6. The zero-order valence-corrected chi connectivity index (χ0v) is 18.0. The second-order valence-corrected chi connectivity index (χ2v) is 6.96. The van der Waals surface area contributed by atoms with Gasteiger partial charge in [0.05, 0.1) is 22.9 Å². The van der Waals surface area contributed by atoms with Crippen LogP contribution in [-0.2, 0) is 13.6 Å². The zero-order valence-electron chi connectivity index (χ0n) is 16.5. The highest BCUT2D eigenvalue weighted by molar-refractivity contribution is 9.10. The van der Waals surface area contributed by atoms with Crippen LogP contribution in [0.1, 0.15) is 19.4 Å². The van der Waals surface area contributed by atoms with Gasteiger partial charge in [-0.05, 0) is 33.6 Å². The van der Waals surface area contributed by atoms with E-state index in [1.165, 1.54) is 10.7 Å². The first kappa shape index (κ1) is 20.6. The summed E-state index contributed by atoms with van der Waals surface area (Å²) >= 11 is 3.33. The molecule has 0 fully saturated rings. The Bertz CT molecular complexity index is 1150. The van der Waals surface area contributed by atoms with E-state index in [0.29, 0.717) is 18.1 Å². The summed E-state index contributed by atoms with van der Waals surface area (Å²) in [5.41, 5.74) is 3.24. The van der Waals surface area contributed by atoms with E-state index in [-0.39, 0.29) is 5.56 Å². The van der Waals surface area contributed by atoms with Crippen molar-refractivity contribution < 1.29 is 0 Å². The first-order chi connectivity index (χ1) is 14.1. The van der Waals surface area contributed by atoms with E-state index >= 15 is 0 Å². The molecular weight excluding hydrogens is 432 g/mol. The summed E-state index contributed by atoms with van der Waals surface area (Å²) in [7, 11) is 1.84. The maximum atomic E-state index is 12.3. The van der Waals surface area contributed by atoms with Gasteiger partial charge >= 0.3 is 0 Å². The lowest BCUT2D eigenvalue weighted by atomic mass is 10.1. The first-order valence-corrected chi connectivity index (χ1v) is 10.0. The van der Waals surface area contributed by atoms with Crippen LogP contribution in [0.4, 0.5) is 0 Å². The van der Waals surface area contributed by atoms with Gasteiger partial charge < -0.3 is 0 Å². The fourth-order valence-corrected chi connectivity index (χ4v) is 2.92. The summed E-state index contributed by atoms with van der Waals surface area (Å²) in [4.78, 5) is 20.9. The van der Waals surface area contributed by atoms with Crippen molar-refractivity contribution in [3.63, 3.8) is 0 Å². The minimum absolute atomic E-state index is 0.159. The smallest absolute Gasteiger partial charge is 0.267 e. The highest BCUT2D eigenvalue weighted by atomic mass is 79.9. The Balaban J connectivity index is 0.00000117. The van der Waals surface area contributed by atoms with Crippen LogP contribution in [0.15, 0.2) is 70.5 Å². The number of benzene rings is 1. The molecular formula is C21H21BrN6O. The molecule has 0 radical (unpaired) electrons. The molecule has 0 spiro atoms. The Hall–Kier alpha value is -3.13. The minimum Gasteiger partial charge on any atom is -0.275 e. The van der Waals surface area contributed by atoms with Crippen molar-refractivity contribution >= 4 is 15.9 Å². The molecule has 0 N–H and O–H groups in total. The third-order valence-corrected chi connectivity index (χ3v) is 4.41. The van der Waals surface area contributed by atoms with Crippen molar-refractivity contribution in [3.05, 3.63) is 81.6 Å². The molecule has 0 bridgehead atoms. The van der Waals surface area contributed by atoms with Gasteiger partial charge in [-0.1, -0.05) is 32.0 Å². The second kappa shape index (κ2) is 9.38. The lowest BCUT2D eigenvalue weighted by molar-refractivity contribution is 0.643. The molecule has 4 aromatic rings. The predicted octanol–water partition coefficient (Wildman–Crippen LogP) is 3.94. The number of halogens is 1. The third-order valence-electron chi connectivity index (χ3n) is 4.01. The van der Waals surface area contributed by atoms with Crippen molar-refractivity contribution in [1.82, 2.24) is 29.5 Å². The molecule has 0 saturated heterocycles. The summed E-state index contributed by atoms with van der Waals surface area (Å²) < 4.78 is 3.98. The van der Waals surface area contributed by atoms with Crippen LogP contribution in [0.3, 0.4) is 0 Å². The third kappa shape index (κ3) is 5.03. The molecule has 3 heterocycles. The van der Waals surface area contributed by atoms with E-state index in [1.807, 2.05) is 51.4 Å². The maximum absolute atomic E-state index is 12.3. The monoisotopic (exact) mass is 452 g/mol. The first-order valence-electron chi connectivity index (χ1n) is 9.22. The van der Waals surface area contributed by atoms with Crippen LogP contribution in [-0.4, -0.2) is 29.5 Å². The van der Waals surface area contributed by atoms with E-state index in [4.69, 9.17) is 0 Å². The number of hydrogen-bond acceptors (Lipinski definition) is 5. The molecule has 0 aliphatic heterocycles. The molecule has 0 unspecified atom stereocenters. The number of aryl methyl sites for hydroxylation is 1. The molecule has 7 nitrogen and oxygen atoms in total. The van der Waals surface area contributed by atoms with Gasteiger partial charge in [-0.25, -0.2) is 14.6 Å². The van der Waals surface area contributed by atoms with Gasteiger partial charge in [0, 0.05) is 42.8 Å². The topological polar surface area (TPSA) is 78.5 Å². The molecule has 0 aliphatic rings. The van der Waals surface area contributed by atoms with Gasteiger partial charge in [-0.3, -0.25) is 9.48 Å². The summed E-state index contributed by atoms with van der Waals surface area (Å²) in [6.07, 6.45) is 7.00. The highest BCUT2D eigenvalue weighted by Crippen LogP contribution is 2.18. The minimum atomic E-state index is -0.159. The van der Waals surface area contributed by atoms with Crippen molar-refractivity contribution in [2.75, 3.05) is 0 Å². The molecule has 0 amide bonds. The second-order valence-electron chi connectivity index (χ2n) is 6.04. The van der Waals surface area contributed by atoms with Crippen LogP contribution in [0, 0.1) is 0 Å². The van der Waals surface area contributed by atoms with E-state index in [2.05, 4.69) is 36.1 Å². The average molecular weight is 453 g/mol. The summed E-state index contributed by atoms with van der Waals surface area (Å²) in [6, 6.07) is 11.0. The van der Waals surface area contributed by atoms with E-state index in [9.17, 15) is 4.79 Å². The normalized spacial score (nSPS) is 10.3. The molecule has 0 saturated carbocycles. The predicted molar refractivity (Wildman–Crippen MR) is 116 cm³/mol. The Morgan fingerprint density at radius 3 is 2.45 bits per heavy atom. The maximum Gasteiger partial charge on any atom is 0.267 e. The van der Waals surface area contributed by atoms with Crippen LogP contribution in [0.5, 0.6) is 0 Å². The molecule has 0 atom stereocenters. The van der Waals surface area contributed by atoms with Gasteiger partial charge in [-0.15, -0.1) is 0 Å². The number of hydrogen-bond donors (Lipinski definition) is 0. The van der Waals surface area contributed by atoms with Gasteiger partial charge in [0.2, 0.25) is 0 Å². The van der Waals surface area contributed by atoms with Crippen molar-refractivity contribution in [2.24, 2.45) is 7.05 Å². The Labute approximate surface area is 177 Å². The van der Waals surface area contributed by atoms with Crippen molar-refractivity contribution in [3.8, 4) is 22.6 Å². The molecule has 8 heteroatoms. The number of nitrogens with zero attached hydrogens (tertiary/aromatic N) is 6. The largest absolute Gasteiger partial charge is 0.275 e. The Morgan fingerprint density at radius 2 is 1.76 bits per heavy atom. The lowest BCUT2D eigenvalue weighted by Crippen LogP contribution is -2.22. The zero-order chi connectivity index (χ0) is 20.8. The molecule has 29 heavy (non-hydrogen) atoms. The summed E-state index contributed by atoms with van der Waals surface area (Å²) in [5.74, 6) is 0.629. The van der Waals surface area contributed by atoms with E-state index in [0.717, 1.165) is 21.2 Å². The molecule has 0 aliphatic carbocycles. The standard InChI is InChI=1S/C19H15BrN6O.C2H6/c1-25-12-15(8-23-25)17-5-6-18(27)26(24-17)11-13-3-2-4-14(7-13)19-21-9-16(20)10-22-19;1-2/h2-10,12H,11H2,1H3;1-2H3. The molecule has 3 aromatic heterocycles. The van der Waals surface area contributed by atoms with Crippen molar-refractivity contribution in [1.29, 1.82) is 0 Å². The van der Waals surface area contributed by atoms with Crippen LogP contribution < -0.4 is 5.56 Å². The molecule has 4 rings (SSSR count). The molecule has 148 valence electrons. The Kier molecular flexibility index (Phi) is 6.66. The van der Waals surface area contributed by atoms with Crippen LogP contribution in [0.2, 0.25) is 0 Å². The fourth-order valence-electron chi connectivity index (χ4n) is 2.71. The summed E-state index contributed by atoms with van der Waals surface area (Å²) in [5, 5.41) is 8.63. The number of rotatable bonds is 4. The highest BCUT2D eigenvalue weighted by Gasteiger charge is 2.08. The van der Waals surface area contributed by atoms with E-state index < -0.39 is 0 Å².